The van der Waals surface area contributed by atoms with Crippen LogP contribution in [0.2, 0.25) is 0 Å². The van der Waals surface area contributed by atoms with Crippen LogP contribution in [0.15, 0.2) is 6.33 Å². The Kier molecular flexibility index (Phi) is 2.36. The normalized spacial score (nSPS) is 11.4. The molecule has 0 aromatic carbocycles. The Hall–Kier alpha value is -1.39. The number of hydrogen-bond acceptors (Lipinski definition) is 3. The molecule has 5 heteroatoms. The largest absolute Gasteiger partial charge is 0.293 e. The van der Waals surface area contributed by atoms with Crippen LogP contribution < -0.4 is 5.32 Å². The lowest BCUT2D eigenvalue weighted by Crippen LogP contribution is -2.28. The monoisotopic (exact) mass is 182 g/mol. The molecule has 0 fully saturated rings. The van der Waals surface area contributed by atoms with Crippen molar-refractivity contribution in [2.24, 2.45) is 12.5 Å². The third-order valence-corrected chi connectivity index (χ3v) is 1.51. The lowest BCUT2D eigenvalue weighted by atomic mass is 9.96. The van der Waals surface area contributed by atoms with Crippen molar-refractivity contribution in [3.05, 3.63) is 6.33 Å². The minimum atomic E-state index is -0.417. The summed E-state index contributed by atoms with van der Waals surface area (Å²) in [5.74, 6) is 0.265. The molecule has 0 saturated heterocycles. The minimum absolute atomic E-state index is 0.0845. The van der Waals surface area contributed by atoms with E-state index in [9.17, 15) is 4.79 Å². The smallest absolute Gasteiger partial charge is 0.248 e. The van der Waals surface area contributed by atoms with Crippen molar-refractivity contribution >= 4 is 11.9 Å². The van der Waals surface area contributed by atoms with Gasteiger partial charge in [-0.2, -0.15) is 0 Å². The molecule has 0 aliphatic rings. The number of amides is 1. The van der Waals surface area contributed by atoms with Gasteiger partial charge in [-0.3, -0.25) is 14.8 Å². The maximum atomic E-state index is 11.4. The number of anilines is 1. The van der Waals surface area contributed by atoms with Crippen LogP contribution in [-0.2, 0) is 11.8 Å². The Labute approximate surface area is 77.2 Å². The topological polar surface area (TPSA) is 59.8 Å². The Balaban J connectivity index is 2.65. The van der Waals surface area contributed by atoms with Crippen molar-refractivity contribution in [1.29, 1.82) is 0 Å². The van der Waals surface area contributed by atoms with Crippen molar-refractivity contribution in [1.82, 2.24) is 14.8 Å². The van der Waals surface area contributed by atoms with Crippen molar-refractivity contribution in [2.45, 2.75) is 20.8 Å². The molecule has 0 saturated carbocycles. The molecule has 13 heavy (non-hydrogen) atoms. The van der Waals surface area contributed by atoms with Gasteiger partial charge in [-0.15, -0.1) is 5.10 Å². The SMILES string of the molecule is Cn1cnc(NC(=O)C(C)(C)C)n1. The van der Waals surface area contributed by atoms with Gasteiger partial charge in [-0.1, -0.05) is 20.8 Å². The fourth-order valence-electron chi connectivity index (χ4n) is 0.686. The third-order valence-electron chi connectivity index (χ3n) is 1.51. The number of nitrogens with one attached hydrogen (secondary N) is 1. The maximum Gasteiger partial charge on any atom is 0.248 e. The standard InChI is InChI=1S/C8H14N4O/c1-8(2,3)6(13)10-7-9-5-12(4)11-7/h5H,1-4H3,(H,10,11,13). The van der Waals surface area contributed by atoms with Gasteiger partial charge in [-0.05, 0) is 0 Å². The lowest BCUT2D eigenvalue weighted by Gasteiger charge is -2.15. The molecule has 0 aliphatic heterocycles. The highest BCUT2D eigenvalue weighted by atomic mass is 16.2. The van der Waals surface area contributed by atoms with E-state index < -0.39 is 5.41 Å². The Bertz CT molecular complexity index is 310. The van der Waals surface area contributed by atoms with Gasteiger partial charge < -0.3 is 0 Å². The highest BCUT2D eigenvalue weighted by Gasteiger charge is 2.22. The zero-order valence-electron chi connectivity index (χ0n) is 8.33. The van der Waals surface area contributed by atoms with Gasteiger partial charge in [0.25, 0.3) is 0 Å². The fraction of sp³-hybridized carbons (Fsp3) is 0.625. The van der Waals surface area contributed by atoms with Crippen molar-refractivity contribution < 1.29 is 4.79 Å². The minimum Gasteiger partial charge on any atom is -0.293 e. The van der Waals surface area contributed by atoms with Crippen LogP contribution in [0.1, 0.15) is 20.8 Å². The summed E-state index contributed by atoms with van der Waals surface area (Å²) >= 11 is 0. The molecule has 1 rings (SSSR count). The van der Waals surface area contributed by atoms with Crippen LogP contribution in [-0.4, -0.2) is 20.7 Å². The number of aryl methyl sites for hydroxylation is 1. The number of nitrogens with zero attached hydrogens (tertiary/aromatic N) is 3. The van der Waals surface area contributed by atoms with Gasteiger partial charge >= 0.3 is 0 Å². The zero-order chi connectivity index (χ0) is 10.1. The number of carbonyl (C=O) groups is 1. The third kappa shape index (κ3) is 2.54. The van der Waals surface area contributed by atoms with E-state index in [-0.39, 0.29) is 5.91 Å². The molecule has 1 N–H and O–H groups in total. The molecule has 1 aromatic rings. The first-order valence-corrected chi connectivity index (χ1v) is 4.06. The molecule has 0 radical (unpaired) electrons. The molecular weight excluding hydrogens is 168 g/mol. The zero-order valence-corrected chi connectivity index (χ0v) is 8.33. The Morgan fingerprint density at radius 1 is 1.54 bits per heavy atom. The summed E-state index contributed by atoms with van der Waals surface area (Å²) in [5.41, 5.74) is -0.417. The maximum absolute atomic E-state index is 11.4. The summed E-state index contributed by atoms with van der Waals surface area (Å²) in [6, 6.07) is 0. The Morgan fingerprint density at radius 3 is 2.54 bits per heavy atom. The molecule has 1 heterocycles. The van der Waals surface area contributed by atoms with Gasteiger partial charge in [0.15, 0.2) is 0 Å². The second kappa shape index (κ2) is 3.16. The molecule has 0 aliphatic carbocycles. The molecule has 1 aromatic heterocycles. The van der Waals surface area contributed by atoms with Crippen LogP contribution in [0.5, 0.6) is 0 Å². The summed E-state index contributed by atoms with van der Waals surface area (Å²) in [6.45, 7) is 5.52. The first kappa shape index (κ1) is 9.70. The highest BCUT2D eigenvalue weighted by Crippen LogP contribution is 2.14. The van der Waals surface area contributed by atoms with E-state index in [2.05, 4.69) is 15.4 Å². The van der Waals surface area contributed by atoms with E-state index in [1.165, 1.54) is 11.0 Å². The quantitative estimate of drug-likeness (QED) is 0.698. The second-order valence-electron chi connectivity index (χ2n) is 3.95. The number of carbonyl (C=O) groups excluding carboxylic acids is 1. The first-order valence-electron chi connectivity index (χ1n) is 4.06. The van der Waals surface area contributed by atoms with Crippen molar-refractivity contribution in [2.75, 3.05) is 5.32 Å². The van der Waals surface area contributed by atoms with E-state index in [1.807, 2.05) is 20.8 Å². The van der Waals surface area contributed by atoms with E-state index >= 15 is 0 Å². The first-order chi connectivity index (χ1) is 5.89. The van der Waals surface area contributed by atoms with Gasteiger partial charge in [0, 0.05) is 12.5 Å². The van der Waals surface area contributed by atoms with E-state index in [0.717, 1.165) is 0 Å². The summed E-state index contributed by atoms with van der Waals surface area (Å²) in [6.07, 6.45) is 1.54. The van der Waals surface area contributed by atoms with Crippen LogP contribution in [0.3, 0.4) is 0 Å². The number of rotatable bonds is 1. The van der Waals surface area contributed by atoms with Crippen LogP contribution in [0.4, 0.5) is 5.95 Å². The summed E-state index contributed by atoms with van der Waals surface area (Å²) < 4.78 is 1.54. The fourth-order valence-corrected chi connectivity index (χ4v) is 0.686. The average Bonchev–Trinajstić information content (AvgIpc) is 2.33. The number of hydrogen-bond donors (Lipinski definition) is 1. The van der Waals surface area contributed by atoms with Gasteiger partial charge in [-0.25, -0.2) is 4.98 Å². The second-order valence-corrected chi connectivity index (χ2v) is 3.95. The molecule has 1 amide bonds. The molecular formula is C8H14N4O. The van der Waals surface area contributed by atoms with E-state index in [0.29, 0.717) is 5.95 Å². The Morgan fingerprint density at radius 2 is 2.15 bits per heavy atom. The molecule has 0 spiro atoms. The predicted molar refractivity (Wildman–Crippen MR) is 49.1 cm³/mol. The molecule has 0 bridgehead atoms. The van der Waals surface area contributed by atoms with Crippen LogP contribution >= 0.6 is 0 Å². The molecule has 0 unspecified atom stereocenters. The van der Waals surface area contributed by atoms with Crippen LogP contribution in [0.25, 0.3) is 0 Å². The van der Waals surface area contributed by atoms with E-state index in [4.69, 9.17) is 0 Å². The van der Waals surface area contributed by atoms with E-state index in [1.54, 1.807) is 7.05 Å². The van der Waals surface area contributed by atoms with Crippen LogP contribution in [0, 0.1) is 5.41 Å². The molecule has 0 atom stereocenters. The predicted octanol–water partition coefficient (Wildman–Crippen LogP) is 0.800. The van der Waals surface area contributed by atoms with Crippen molar-refractivity contribution in [3.8, 4) is 0 Å². The average molecular weight is 182 g/mol. The van der Waals surface area contributed by atoms with Gasteiger partial charge in [0.1, 0.15) is 6.33 Å². The van der Waals surface area contributed by atoms with Gasteiger partial charge in [0.05, 0.1) is 0 Å². The molecule has 5 nitrogen and oxygen atoms in total. The number of aromatic nitrogens is 3. The van der Waals surface area contributed by atoms with Crippen molar-refractivity contribution in [3.63, 3.8) is 0 Å². The lowest BCUT2D eigenvalue weighted by molar-refractivity contribution is -0.123. The summed E-state index contributed by atoms with van der Waals surface area (Å²) in [7, 11) is 1.75. The molecule has 72 valence electrons. The van der Waals surface area contributed by atoms with Gasteiger partial charge in [0.2, 0.25) is 11.9 Å². The highest BCUT2D eigenvalue weighted by molar-refractivity contribution is 5.92. The summed E-state index contributed by atoms with van der Waals surface area (Å²) in [4.78, 5) is 15.3. The summed E-state index contributed by atoms with van der Waals surface area (Å²) in [5, 5.41) is 6.56.